The van der Waals surface area contributed by atoms with Gasteiger partial charge in [-0.15, -0.1) is 0 Å². The first kappa shape index (κ1) is 16.2. The maximum atomic E-state index is 13.5. The van der Waals surface area contributed by atoms with E-state index >= 15 is 0 Å². The fraction of sp³-hybridized carbons (Fsp3) is 0.611. The molecule has 5 heteroatoms. The van der Waals surface area contributed by atoms with Crippen molar-refractivity contribution in [3.63, 3.8) is 0 Å². The molecule has 1 amide bonds. The summed E-state index contributed by atoms with van der Waals surface area (Å²) in [6.07, 6.45) is 0.389. The van der Waals surface area contributed by atoms with Crippen LogP contribution in [0.15, 0.2) is 24.3 Å². The fourth-order valence-electron chi connectivity index (χ4n) is 4.02. The summed E-state index contributed by atoms with van der Waals surface area (Å²) in [6, 6.07) is 5.58. The van der Waals surface area contributed by atoms with Crippen molar-refractivity contribution in [1.29, 1.82) is 0 Å². The minimum Gasteiger partial charge on any atom is -0.444 e. The van der Waals surface area contributed by atoms with Gasteiger partial charge in [-0.1, -0.05) is 12.1 Å². The van der Waals surface area contributed by atoms with Gasteiger partial charge < -0.3 is 9.84 Å². The molecule has 3 fully saturated rings. The van der Waals surface area contributed by atoms with E-state index in [4.69, 9.17) is 4.74 Å². The molecular formula is C18H24FNO3. The summed E-state index contributed by atoms with van der Waals surface area (Å²) >= 11 is 0. The molecule has 126 valence electrons. The Morgan fingerprint density at radius 1 is 1.43 bits per heavy atom. The zero-order chi connectivity index (χ0) is 17.0. The average molecular weight is 321 g/mol. The van der Waals surface area contributed by atoms with Crippen molar-refractivity contribution in [2.75, 3.05) is 0 Å². The van der Waals surface area contributed by atoms with E-state index < -0.39 is 17.8 Å². The summed E-state index contributed by atoms with van der Waals surface area (Å²) in [4.78, 5) is 14.3. The predicted molar refractivity (Wildman–Crippen MR) is 84.3 cm³/mol. The smallest absolute Gasteiger partial charge is 0.411 e. The zero-order valence-electron chi connectivity index (χ0n) is 14.0. The Kier molecular flexibility index (Phi) is 3.67. The number of halogens is 1. The lowest BCUT2D eigenvalue weighted by Crippen LogP contribution is -2.49. The Morgan fingerprint density at radius 3 is 2.65 bits per heavy atom. The molecule has 1 aromatic carbocycles. The lowest BCUT2D eigenvalue weighted by Gasteiger charge is -2.39. The molecule has 1 saturated carbocycles. The molecule has 2 heterocycles. The third-order valence-electron chi connectivity index (χ3n) is 4.87. The average Bonchev–Trinajstić information content (AvgIpc) is 2.84. The van der Waals surface area contributed by atoms with Gasteiger partial charge in [0.2, 0.25) is 0 Å². The molecule has 2 aliphatic heterocycles. The van der Waals surface area contributed by atoms with Crippen molar-refractivity contribution in [2.45, 2.75) is 63.8 Å². The molecule has 2 saturated heterocycles. The Labute approximate surface area is 136 Å². The number of ether oxygens (including phenoxy) is 1. The second-order valence-corrected chi connectivity index (χ2v) is 8.01. The van der Waals surface area contributed by atoms with Gasteiger partial charge in [-0.05, 0) is 64.2 Å². The summed E-state index contributed by atoms with van der Waals surface area (Å²) in [7, 11) is 0. The lowest BCUT2D eigenvalue weighted by atomic mass is 9.72. The molecule has 0 radical (unpaired) electrons. The maximum Gasteiger partial charge on any atom is 0.411 e. The van der Waals surface area contributed by atoms with Crippen molar-refractivity contribution in [2.24, 2.45) is 5.92 Å². The molecule has 0 spiro atoms. The summed E-state index contributed by atoms with van der Waals surface area (Å²) in [5.74, 6) is -0.160. The number of hydrogen-bond acceptors (Lipinski definition) is 3. The highest BCUT2D eigenvalue weighted by Crippen LogP contribution is 2.57. The fourth-order valence-corrected chi connectivity index (χ4v) is 4.02. The van der Waals surface area contributed by atoms with Gasteiger partial charge in [-0.25, -0.2) is 9.18 Å². The number of aliphatic hydroxyl groups is 1. The third kappa shape index (κ3) is 2.82. The van der Waals surface area contributed by atoms with Crippen molar-refractivity contribution in [3.05, 3.63) is 35.6 Å². The summed E-state index contributed by atoms with van der Waals surface area (Å²) in [5, 5.41) is 10.8. The standard InChI is InChI=1S/C18H24FNO3/c1-17(2,3)23-16(22)20-14(12-9-18(20,4)10-12)15(21)11-6-5-7-13(19)8-11/h5-8,12,14-15,21H,9-10H2,1-4H3/t12?,14-,15-,18?/m1/s1. The van der Waals surface area contributed by atoms with Crippen LogP contribution in [-0.2, 0) is 4.74 Å². The number of rotatable bonds is 2. The van der Waals surface area contributed by atoms with Gasteiger partial charge in [0.1, 0.15) is 11.4 Å². The van der Waals surface area contributed by atoms with Crippen molar-refractivity contribution >= 4 is 6.09 Å². The Balaban J connectivity index is 1.87. The van der Waals surface area contributed by atoms with Crippen LogP contribution in [0, 0.1) is 11.7 Å². The second-order valence-electron chi connectivity index (χ2n) is 8.01. The van der Waals surface area contributed by atoms with Crippen LogP contribution in [0.25, 0.3) is 0 Å². The number of aliphatic hydroxyl groups excluding tert-OH is 1. The molecule has 1 N–H and O–H groups in total. The van der Waals surface area contributed by atoms with Gasteiger partial charge in [0.15, 0.2) is 0 Å². The molecule has 23 heavy (non-hydrogen) atoms. The Bertz CT molecular complexity index is 619. The molecule has 1 aliphatic carbocycles. The minimum absolute atomic E-state index is 0.228. The van der Waals surface area contributed by atoms with Crippen LogP contribution in [-0.4, -0.2) is 33.3 Å². The van der Waals surface area contributed by atoms with Gasteiger partial charge in [0.25, 0.3) is 0 Å². The minimum atomic E-state index is -0.910. The monoisotopic (exact) mass is 321 g/mol. The summed E-state index contributed by atoms with van der Waals surface area (Å²) in [6.45, 7) is 7.49. The van der Waals surface area contributed by atoms with Crippen molar-refractivity contribution in [1.82, 2.24) is 4.90 Å². The number of amides is 1. The maximum absolute atomic E-state index is 13.5. The van der Waals surface area contributed by atoms with E-state index in [9.17, 15) is 14.3 Å². The van der Waals surface area contributed by atoms with Crippen LogP contribution in [0.2, 0.25) is 0 Å². The van der Waals surface area contributed by atoms with Gasteiger partial charge >= 0.3 is 6.09 Å². The van der Waals surface area contributed by atoms with Gasteiger partial charge in [-0.3, -0.25) is 4.90 Å². The van der Waals surface area contributed by atoms with Crippen LogP contribution in [0.1, 0.15) is 52.2 Å². The molecule has 3 aliphatic rings. The SMILES string of the molecule is CC(C)(C)OC(=O)N1[C@@H]([C@H](O)c2cccc(F)c2)C2CC1(C)C2. The van der Waals surface area contributed by atoms with E-state index in [1.54, 1.807) is 17.0 Å². The highest BCUT2D eigenvalue weighted by molar-refractivity contribution is 5.71. The topological polar surface area (TPSA) is 49.8 Å². The van der Waals surface area contributed by atoms with E-state index in [1.807, 2.05) is 27.7 Å². The molecule has 0 aromatic heterocycles. The van der Waals surface area contributed by atoms with Gasteiger partial charge in [0, 0.05) is 5.54 Å². The molecular weight excluding hydrogens is 297 g/mol. The molecule has 1 aromatic rings. The quantitative estimate of drug-likeness (QED) is 0.904. The highest BCUT2D eigenvalue weighted by Gasteiger charge is 2.63. The number of benzene rings is 1. The Hall–Kier alpha value is -1.62. The first-order valence-electron chi connectivity index (χ1n) is 8.07. The van der Waals surface area contributed by atoms with E-state index in [1.165, 1.54) is 12.1 Å². The molecule has 0 unspecified atom stereocenters. The van der Waals surface area contributed by atoms with Gasteiger partial charge in [0.05, 0.1) is 12.1 Å². The number of carbonyl (C=O) groups excluding carboxylic acids is 1. The Morgan fingerprint density at radius 2 is 2.09 bits per heavy atom. The van der Waals surface area contributed by atoms with E-state index in [0.717, 1.165) is 12.8 Å². The first-order chi connectivity index (χ1) is 10.6. The first-order valence-corrected chi connectivity index (χ1v) is 8.07. The summed E-state index contributed by atoms with van der Waals surface area (Å²) in [5.41, 5.74) is -0.361. The van der Waals surface area contributed by atoms with E-state index in [2.05, 4.69) is 0 Å². The van der Waals surface area contributed by atoms with E-state index in [-0.39, 0.29) is 23.3 Å². The highest BCUT2D eigenvalue weighted by atomic mass is 19.1. The third-order valence-corrected chi connectivity index (χ3v) is 4.87. The molecule has 2 bridgehead atoms. The molecule has 2 atom stereocenters. The molecule has 4 rings (SSSR count). The van der Waals surface area contributed by atoms with Crippen LogP contribution in [0.3, 0.4) is 0 Å². The largest absolute Gasteiger partial charge is 0.444 e. The van der Waals surface area contributed by atoms with Crippen LogP contribution in [0.4, 0.5) is 9.18 Å². The predicted octanol–water partition coefficient (Wildman–Crippen LogP) is 3.65. The van der Waals surface area contributed by atoms with Crippen LogP contribution < -0.4 is 0 Å². The lowest BCUT2D eigenvalue weighted by molar-refractivity contribution is -0.00902. The van der Waals surface area contributed by atoms with Crippen molar-refractivity contribution in [3.8, 4) is 0 Å². The number of nitrogens with zero attached hydrogens (tertiary/aromatic N) is 1. The van der Waals surface area contributed by atoms with Gasteiger partial charge in [-0.2, -0.15) is 0 Å². The second kappa shape index (κ2) is 5.20. The number of carbonyl (C=O) groups is 1. The van der Waals surface area contributed by atoms with Crippen LogP contribution in [0.5, 0.6) is 0 Å². The molecule has 4 nitrogen and oxygen atoms in total. The normalized spacial score (nSPS) is 30.8. The summed E-state index contributed by atoms with van der Waals surface area (Å²) < 4.78 is 19.0. The number of hydrogen-bond donors (Lipinski definition) is 1. The van der Waals surface area contributed by atoms with E-state index in [0.29, 0.717) is 5.56 Å². The number of fused-ring (bicyclic) bond motifs is 1. The van der Waals surface area contributed by atoms with Crippen LogP contribution >= 0.6 is 0 Å². The zero-order valence-corrected chi connectivity index (χ0v) is 14.0. The van der Waals surface area contributed by atoms with Crippen molar-refractivity contribution < 1.29 is 19.0 Å².